The molecule has 3 aromatic rings. The molecule has 0 aliphatic carbocycles. The van der Waals surface area contributed by atoms with Gasteiger partial charge in [-0.3, -0.25) is 0 Å². The van der Waals surface area contributed by atoms with E-state index in [0.29, 0.717) is 26.6 Å². The van der Waals surface area contributed by atoms with Gasteiger partial charge in [0.05, 0.1) is 6.04 Å². The van der Waals surface area contributed by atoms with Crippen molar-refractivity contribution < 1.29 is 15.0 Å². The second-order valence-electron chi connectivity index (χ2n) is 5.39. The third-order valence-electron chi connectivity index (χ3n) is 3.68. The Morgan fingerprint density at radius 3 is 2.73 bits per heavy atom. The van der Waals surface area contributed by atoms with Crippen molar-refractivity contribution in [3.63, 3.8) is 0 Å². The van der Waals surface area contributed by atoms with Gasteiger partial charge >= 0.3 is 6.09 Å². The number of rotatable bonds is 5. The second kappa shape index (κ2) is 8.01. The van der Waals surface area contributed by atoms with Gasteiger partial charge in [-0.05, 0) is 34.7 Å². The van der Waals surface area contributed by atoms with Gasteiger partial charge in [-0.1, -0.05) is 35.3 Å². The van der Waals surface area contributed by atoms with Crippen molar-refractivity contribution in [1.29, 1.82) is 0 Å². The van der Waals surface area contributed by atoms with E-state index < -0.39 is 18.2 Å². The number of thiophene rings is 1. The molecule has 6 nitrogen and oxygen atoms in total. The Bertz CT molecular complexity index is 935. The van der Waals surface area contributed by atoms with Crippen LogP contribution in [-0.4, -0.2) is 26.3 Å². The van der Waals surface area contributed by atoms with Crippen LogP contribution in [0.4, 0.5) is 4.79 Å². The molecule has 0 aliphatic heterocycles. The second-order valence-corrected chi connectivity index (χ2v) is 7.13. The molecule has 0 saturated carbocycles. The Balaban J connectivity index is 1.94. The maximum absolute atomic E-state index is 11.2. The van der Waals surface area contributed by atoms with Crippen LogP contribution in [0.2, 0.25) is 10.2 Å². The number of aliphatic hydroxyl groups is 1. The van der Waals surface area contributed by atoms with E-state index in [1.165, 1.54) is 23.9 Å². The molecular weight excluding hydrogens is 397 g/mol. The van der Waals surface area contributed by atoms with E-state index in [4.69, 9.17) is 23.2 Å². The minimum atomic E-state index is -1.16. The lowest BCUT2D eigenvalue weighted by molar-refractivity contribution is 0.192. The number of hydrogen-bond acceptors (Lipinski definition) is 5. The molecule has 0 aliphatic rings. The van der Waals surface area contributed by atoms with Gasteiger partial charge in [-0.2, -0.15) is 0 Å². The Morgan fingerprint density at radius 2 is 2.04 bits per heavy atom. The summed E-state index contributed by atoms with van der Waals surface area (Å²) in [7, 11) is 0. The monoisotopic (exact) mass is 409 g/mol. The zero-order valence-corrected chi connectivity index (χ0v) is 15.5. The lowest BCUT2D eigenvalue weighted by Crippen LogP contribution is -2.27. The van der Waals surface area contributed by atoms with E-state index in [9.17, 15) is 15.0 Å². The first-order valence-electron chi connectivity index (χ1n) is 7.42. The Kier molecular flexibility index (Phi) is 5.73. The summed E-state index contributed by atoms with van der Waals surface area (Å²) < 4.78 is 0. The fraction of sp³-hybridized carbons (Fsp3) is 0.118. The number of carbonyl (C=O) groups is 1. The molecule has 26 heavy (non-hydrogen) atoms. The topological polar surface area (TPSA) is 95.3 Å². The molecule has 134 valence electrons. The van der Waals surface area contributed by atoms with Gasteiger partial charge < -0.3 is 15.5 Å². The molecule has 2 atom stereocenters. The minimum Gasteiger partial charge on any atom is -0.465 e. The summed E-state index contributed by atoms with van der Waals surface area (Å²) in [4.78, 5) is 19.6. The van der Waals surface area contributed by atoms with E-state index in [1.807, 2.05) is 0 Å². The van der Waals surface area contributed by atoms with Crippen LogP contribution >= 0.6 is 34.5 Å². The van der Waals surface area contributed by atoms with E-state index >= 15 is 0 Å². The van der Waals surface area contributed by atoms with Crippen LogP contribution in [-0.2, 0) is 0 Å². The molecule has 1 aromatic carbocycles. The maximum atomic E-state index is 11.2. The average molecular weight is 410 g/mol. The Labute approximate surface area is 163 Å². The molecule has 9 heteroatoms. The number of nitrogens with zero attached hydrogens (tertiary/aromatic N) is 2. The first-order valence-corrected chi connectivity index (χ1v) is 9.06. The van der Waals surface area contributed by atoms with Crippen molar-refractivity contribution in [3.05, 3.63) is 80.0 Å². The summed E-state index contributed by atoms with van der Waals surface area (Å²) in [6, 6.07) is 8.03. The highest BCUT2D eigenvalue weighted by atomic mass is 35.5. The third kappa shape index (κ3) is 4.13. The number of carboxylic acid groups (broad SMARTS) is 1. The van der Waals surface area contributed by atoms with Crippen molar-refractivity contribution in [2.45, 2.75) is 12.1 Å². The first-order chi connectivity index (χ1) is 12.5. The molecule has 0 spiro atoms. The highest BCUT2D eigenvalue weighted by Gasteiger charge is 2.22. The fourth-order valence-electron chi connectivity index (χ4n) is 2.49. The Hall–Kier alpha value is -2.19. The number of halogens is 2. The number of hydrogen-bond donors (Lipinski definition) is 3. The smallest absolute Gasteiger partial charge is 0.405 e. The molecule has 2 aromatic heterocycles. The lowest BCUT2D eigenvalue weighted by atomic mass is 10.0. The molecular formula is C17H13Cl2N3O3S. The number of aliphatic hydroxyl groups excluding tert-OH is 1. The molecule has 0 unspecified atom stereocenters. The standard InChI is InChI=1S/C17H13Cl2N3O3S/c18-11-3-1-2-9(4-11)14(22-17(24)25)10-5-13(26-7-10)15(23)12-6-20-8-21-16(12)19/h1-8,14-15,22-23H,(H,24,25)/t14-,15-/m1/s1. The number of nitrogens with one attached hydrogen (secondary N) is 1. The minimum absolute atomic E-state index is 0.164. The van der Waals surface area contributed by atoms with Crippen LogP contribution in [0.5, 0.6) is 0 Å². The largest absolute Gasteiger partial charge is 0.465 e. The fourth-order valence-corrected chi connectivity index (χ4v) is 3.82. The van der Waals surface area contributed by atoms with Gasteiger partial charge in [0.25, 0.3) is 0 Å². The molecule has 3 rings (SSSR count). The van der Waals surface area contributed by atoms with E-state index in [-0.39, 0.29) is 5.15 Å². The average Bonchev–Trinajstić information content (AvgIpc) is 3.09. The third-order valence-corrected chi connectivity index (χ3v) is 5.23. The Morgan fingerprint density at radius 1 is 1.23 bits per heavy atom. The predicted molar refractivity (Wildman–Crippen MR) is 99.9 cm³/mol. The van der Waals surface area contributed by atoms with Crippen LogP contribution in [0.1, 0.15) is 33.7 Å². The van der Waals surface area contributed by atoms with Gasteiger partial charge in [-0.25, -0.2) is 14.8 Å². The zero-order valence-electron chi connectivity index (χ0n) is 13.1. The lowest BCUT2D eigenvalue weighted by Gasteiger charge is -2.17. The maximum Gasteiger partial charge on any atom is 0.405 e. The van der Waals surface area contributed by atoms with Crippen LogP contribution in [0, 0.1) is 0 Å². The summed E-state index contributed by atoms with van der Waals surface area (Å²) in [6.07, 6.45) is 0.573. The quantitative estimate of drug-likeness (QED) is 0.546. The van der Waals surface area contributed by atoms with Crippen molar-refractivity contribution in [2.24, 2.45) is 0 Å². The van der Waals surface area contributed by atoms with Crippen molar-refractivity contribution in [2.75, 3.05) is 0 Å². The summed E-state index contributed by atoms with van der Waals surface area (Å²) in [6.45, 7) is 0. The van der Waals surface area contributed by atoms with Gasteiger partial charge in [0.2, 0.25) is 0 Å². The molecule has 3 N–H and O–H groups in total. The van der Waals surface area contributed by atoms with Crippen LogP contribution in [0.3, 0.4) is 0 Å². The van der Waals surface area contributed by atoms with Crippen LogP contribution in [0.15, 0.2) is 48.2 Å². The van der Waals surface area contributed by atoms with Crippen LogP contribution < -0.4 is 5.32 Å². The summed E-state index contributed by atoms with van der Waals surface area (Å²) in [5.74, 6) is 0. The number of benzene rings is 1. The van der Waals surface area contributed by atoms with Gasteiger partial charge in [0.15, 0.2) is 0 Å². The molecule has 0 bridgehead atoms. The molecule has 0 fully saturated rings. The first kappa shape index (κ1) is 18.6. The molecule has 1 amide bonds. The van der Waals surface area contributed by atoms with Gasteiger partial charge in [0, 0.05) is 21.7 Å². The number of aromatic nitrogens is 2. The molecule has 2 heterocycles. The predicted octanol–water partition coefficient (Wildman–Crippen LogP) is 4.28. The van der Waals surface area contributed by atoms with E-state index in [1.54, 1.807) is 35.7 Å². The summed E-state index contributed by atoms with van der Waals surface area (Å²) in [5.41, 5.74) is 1.76. The molecule has 0 saturated heterocycles. The zero-order chi connectivity index (χ0) is 18.7. The van der Waals surface area contributed by atoms with E-state index in [0.717, 1.165) is 0 Å². The van der Waals surface area contributed by atoms with Crippen molar-refractivity contribution >= 4 is 40.6 Å². The SMILES string of the molecule is O=C(O)N[C@H](c1cccc(Cl)c1)c1csc([C@H](O)c2cncnc2Cl)c1. The summed E-state index contributed by atoms with van der Waals surface area (Å²) in [5, 5.41) is 24.7. The normalized spacial score (nSPS) is 13.2. The molecule has 0 radical (unpaired) electrons. The summed E-state index contributed by atoms with van der Waals surface area (Å²) >= 11 is 13.3. The van der Waals surface area contributed by atoms with Crippen molar-refractivity contribution in [1.82, 2.24) is 15.3 Å². The van der Waals surface area contributed by atoms with Gasteiger partial charge in [0.1, 0.15) is 17.6 Å². The number of amides is 1. The highest BCUT2D eigenvalue weighted by molar-refractivity contribution is 7.10. The highest BCUT2D eigenvalue weighted by Crippen LogP contribution is 2.34. The van der Waals surface area contributed by atoms with Crippen molar-refractivity contribution in [3.8, 4) is 0 Å². The van der Waals surface area contributed by atoms with E-state index in [2.05, 4.69) is 15.3 Å². The van der Waals surface area contributed by atoms with Gasteiger partial charge in [-0.15, -0.1) is 11.3 Å². The van der Waals surface area contributed by atoms with Crippen LogP contribution in [0.25, 0.3) is 0 Å².